The minimum atomic E-state index is -1.27. The van der Waals surface area contributed by atoms with Crippen LogP contribution in [0.1, 0.15) is 11.8 Å². The Morgan fingerprint density at radius 2 is 2.07 bits per heavy atom. The van der Waals surface area contributed by atoms with Crippen LogP contribution in [0.4, 0.5) is 5.82 Å². The standard InChI is InChI=1S/C18H20ClN5O5/c19-10-3-1-2-9(6-10)4-5-28-18-22-15(20)12-16(23-18)24(8-21-12)17-14(27)13(26)11(7-25)29-17/h1-3,6,8,11,13-14,17,25-27H,4-5,7H2,(H2,20,22,23)/t11-,13-,14-,17?/m0/s1. The normalized spacial score (nSPS) is 24.3. The lowest BCUT2D eigenvalue weighted by Crippen LogP contribution is -2.33. The average Bonchev–Trinajstić information content (AvgIpc) is 3.24. The van der Waals surface area contributed by atoms with E-state index < -0.39 is 31.1 Å². The fraction of sp³-hybridized carbons (Fsp3) is 0.389. The lowest BCUT2D eigenvalue weighted by atomic mass is 10.1. The molecular formula is C18H20ClN5O5. The summed E-state index contributed by atoms with van der Waals surface area (Å²) in [6.07, 6.45) is -2.44. The quantitative estimate of drug-likeness (QED) is 0.440. The molecule has 0 aliphatic carbocycles. The number of aliphatic hydroxyl groups excluding tert-OH is 3. The van der Waals surface area contributed by atoms with Gasteiger partial charge in [0.25, 0.3) is 0 Å². The smallest absolute Gasteiger partial charge is 0.320 e. The van der Waals surface area contributed by atoms with E-state index in [0.29, 0.717) is 23.6 Å². The van der Waals surface area contributed by atoms with Gasteiger partial charge in [0.2, 0.25) is 0 Å². The van der Waals surface area contributed by atoms with Crippen molar-refractivity contribution in [3.05, 3.63) is 41.2 Å². The Morgan fingerprint density at radius 3 is 2.79 bits per heavy atom. The van der Waals surface area contributed by atoms with Gasteiger partial charge in [-0.05, 0) is 17.7 Å². The first-order chi connectivity index (χ1) is 14.0. The van der Waals surface area contributed by atoms with Gasteiger partial charge in [-0.25, -0.2) is 4.98 Å². The molecule has 154 valence electrons. The number of halogens is 1. The van der Waals surface area contributed by atoms with Crippen LogP contribution in [0.5, 0.6) is 6.01 Å². The second-order valence-corrected chi connectivity index (χ2v) is 7.11. The highest BCUT2D eigenvalue weighted by atomic mass is 35.5. The predicted octanol–water partition coefficient (Wildman–Crippen LogP) is 0.295. The predicted molar refractivity (Wildman–Crippen MR) is 103 cm³/mol. The van der Waals surface area contributed by atoms with Crippen molar-refractivity contribution in [2.24, 2.45) is 0 Å². The highest BCUT2D eigenvalue weighted by Gasteiger charge is 2.44. The monoisotopic (exact) mass is 421 g/mol. The summed E-state index contributed by atoms with van der Waals surface area (Å²) < 4.78 is 12.6. The summed E-state index contributed by atoms with van der Waals surface area (Å²) in [4.78, 5) is 12.6. The van der Waals surface area contributed by atoms with Crippen LogP contribution in [0, 0.1) is 0 Å². The molecular weight excluding hydrogens is 402 g/mol. The Bertz CT molecular complexity index is 1020. The van der Waals surface area contributed by atoms with Crippen LogP contribution in [0.2, 0.25) is 5.02 Å². The van der Waals surface area contributed by atoms with Crippen LogP contribution < -0.4 is 10.5 Å². The molecule has 5 N–H and O–H groups in total. The van der Waals surface area contributed by atoms with Crippen LogP contribution in [0.25, 0.3) is 11.2 Å². The number of aliphatic hydroxyl groups is 3. The van der Waals surface area contributed by atoms with E-state index >= 15 is 0 Å². The molecule has 0 radical (unpaired) electrons. The molecule has 1 fully saturated rings. The second-order valence-electron chi connectivity index (χ2n) is 6.67. The number of ether oxygens (including phenoxy) is 2. The van der Waals surface area contributed by atoms with E-state index in [2.05, 4.69) is 15.0 Å². The van der Waals surface area contributed by atoms with Crippen molar-refractivity contribution < 1.29 is 24.8 Å². The van der Waals surface area contributed by atoms with Crippen LogP contribution >= 0.6 is 11.6 Å². The molecule has 1 saturated heterocycles. The maximum absolute atomic E-state index is 10.3. The van der Waals surface area contributed by atoms with Gasteiger partial charge in [0.05, 0.1) is 19.5 Å². The van der Waals surface area contributed by atoms with Crippen molar-refractivity contribution in [1.29, 1.82) is 0 Å². The average molecular weight is 422 g/mol. The summed E-state index contributed by atoms with van der Waals surface area (Å²) in [5, 5.41) is 30.2. The number of nitrogens with zero attached hydrogens (tertiary/aromatic N) is 4. The third kappa shape index (κ3) is 3.85. The van der Waals surface area contributed by atoms with Crippen LogP contribution in [0.15, 0.2) is 30.6 Å². The Labute approximate surface area is 170 Å². The summed E-state index contributed by atoms with van der Waals surface area (Å²) >= 11 is 5.98. The molecule has 1 aliphatic rings. The highest BCUT2D eigenvalue weighted by Crippen LogP contribution is 2.32. The molecule has 3 aromatic rings. The van der Waals surface area contributed by atoms with Gasteiger partial charge in [0.15, 0.2) is 23.2 Å². The van der Waals surface area contributed by atoms with Gasteiger partial charge in [0, 0.05) is 11.4 Å². The zero-order chi connectivity index (χ0) is 20.5. The van der Waals surface area contributed by atoms with Crippen molar-refractivity contribution in [3.63, 3.8) is 0 Å². The molecule has 1 unspecified atom stereocenters. The minimum Gasteiger partial charge on any atom is -0.463 e. The number of anilines is 1. The summed E-state index contributed by atoms with van der Waals surface area (Å²) in [5.74, 6) is 0.109. The van der Waals surface area contributed by atoms with E-state index in [1.807, 2.05) is 18.2 Å². The molecule has 0 amide bonds. The van der Waals surface area contributed by atoms with Gasteiger partial charge >= 0.3 is 6.01 Å². The Hall–Kier alpha value is -2.50. The Morgan fingerprint density at radius 1 is 1.24 bits per heavy atom. The lowest BCUT2D eigenvalue weighted by molar-refractivity contribution is -0.0511. The molecule has 1 aliphatic heterocycles. The largest absolute Gasteiger partial charge is 0.463 e. The lowest BCUT2D eigenvalue weighted by Gasteiger charge is -2.16. The second kappa shape index (κ2) is 8.09. The van der Waals surface area contributed by atoms with E-state index in [-0.39, 0.29) is 17.5 Å². The number of nitrogen functional groups attached to an aromatic ring is 1. The molecule has 1 aromatic carbocycles. The fourth-order valence-corrected chi connectivity index (χ4v) is 3.44. The zero-order valence-electron chi connectivity index (χ0n) is 15.2. The molecule has 0 bridgehead atoms. The summed E-state index contributed by atoms with van der Waals surface area (Å²) in [6, 6.07) is 7.48. The first-order valence-electron chi connectivity index (χ1n) is 8.97. The van der Waals surface area contributed by atoms with Crippen molar-refractivity contribution in [2.45, 2.75) is 31.0 Å². The van der Waals surface area contributed by atoms with Gasteiger partial charge in [-0.1, -0.05) is 23.7 Å². The number of fused-ring (bicyclic) bond motifs is 1. The molecule has 2 aromatic heterocycles. The molecule has 11 heteroatoms. The molecule has 0 spiro atoms. The van der Waals surface area contributed by atoms with Gasteiger partial charge in [-0.15, -0.1) is 0 Å². The number of hydrogen-bond acceptors (Lipinski definition) is 9. The van der Waals surface area contributed by atoms with E-state index in [1.54, 1.807) is 6.07 Å². The van der Waals surface area contributed by atoms with Gasteiger partial charge in [-0.3, -0.25) is 4.57 Å². The number of rotatable bonds is 6. The van der Waals surface area contributed by atoms with Crippen molar-refractivity contribution in [3.8, 4) is 6.01 Å². The third-order valence-electron chi connectivity index (χ3n) is 4.73. The topological polar surface area (TPSA) is 149 Å². The van der Waals surface area contributed by atoms with Crippen molar-refractivity contribution >= 4 is 28.6 Å². The van der Waals surface area contributed by atoms with Crippen molar-refractivity contribution in [1.82, 2.24) is 19.5 Å². The van der Waals surface area contributed by atoms with Gasteiger partial charge < -0.3 is 30.5 Å². The highest BCUT2D eigenvalue weighted by molar-refractivity contribution is 6.30. The number of aromatic nitrogens is 4. The summed E-state index contributed by atoms with van der Waals surface area (Å²) in [7, 11) is 0. The third-order valence-corrected chi connectivity index (χ3v) is 4.97. The number of imidazole rings is 1. The van der Waals surface area contributed by atoms with Gasteiger partial charge in [0.1, 0.15) is 18.3 Å². The number of nitrogens with two attached hydrogens (primary N) is 1. The van der Waals surface area contributed by atoms with Crippen molar-refractivity contribution in [2.75, 3.05) is 18.9 Å². The summed E-state index contributed by atoms with van der Waals surface area (Å²) in [6.45, 7) is -0.135. The summed E-state index contributed by atoms with van der Waals surface area (Å²) in [5.41, 5.74) is 7.57. The molecule has 0 saturated carbocycles. The van der Waals surface area contributed by atoms with Gasteiger partial charge in [-0.2, -0.15) is 9.97 Å². The van der Waals surface area contributed by atoms with E-state index in [1.165, 1.54) is 10.9 Å². The first kappa shape index (κ1) is 19.8. The number of benzene rings is 1. The van der Waals surface area contributed by atoms with Crippen LogP contribution in [-0.2, 0) is 11.2 Å². The first-order valence-corrected chi connectivity index (χ1v) is 9.35. The zero-order valence-corrected chi connectivity index (χ0v) is 16.0. The van der Waals surface area contributed by atoms with E-state index in [4.69, 9.17) is 26.8 Å². The molecule has 4 rings (SSSR count). The molecule has 3 heterocycles. The Balaban J connectivity index is 1.55. The molecule has 10 nitrogen and oxygen atoms in total. The number of hydrogen-bond donors (Lipinski definition) is 4. The Kier molecular flexibility index (Phi) is 5.52. The van der Waals surface area contributed by atoms with Crippen LogP contribution in [-0.4, -0.2) is 66.4 Å². The fourth-order valence-electron chi connectivity index (χ4n) is 3.23. The van der Waals surface area contributed by atoms with Crippen LogP contribution in [0.3, 0.4) is 0 Å². The molecule has 29 heavy (non-hydrogen) atoms. The van der Waals surface area contributed by atoms with E-state index in [0.717, 1.165) is 5.56 Å². The molecule has 4 atom stereocenters. The maximum atomic E-state index is 10.3. The SMILES string of the molecule is Nc1nc(OCCc2cccc(Cl)c2)nc2c1ncn2C1O[C@@H](CO)[C@H](O)[C@@H]1O. The minimum absolute atomic E-state index is 0.0468. The van der Waals surface area contributed by atoms with E-state index in [9.17, 15) is 15.3 Å². The maximum Gasteiger partial charge on any atom is 0.320 e.